The molecule has 5 rings (SSSR count). The summed E-state index contributed by atoms with van der Waals surface area (Å²) < 4.78 is 49.1. The molecule has 0 N–H and O–H groups in total. The Morgan fingerprint density at radius 2 is 1.81 bits per heavy atom. The number of halogens is 3. The number of piperazine rings is 1. The molecule has 4 aromatic rings. The van der Waals surface area contributed by atoms with Crippen molar-refractivity contribution in [1.82, 2.24) is 19.2 Å². The van der Waals surface area contributed by atoms with Gasteiger partial charge < -0.3 is 14.2 Å². The lowest BCUT2D eigenvalue weighted by Gasteiger charge is -2.36. The van der Waals surface area contributed by atoms with E-state index in [1.165, 1.54) is 29.5 Å². The lowest BCUT2D eigenvalue weighted by Crippen LogP contribution is -2.47. The van der Waals surface area contributed by atoms with E-state index in [1.54, 1.807) is 22.4 Å². The fourth-order valence-electron chi connectivity index (χ4n) is 4.35. The second-order valence-corrected chi connectivity index (χ2v) is 10.5. The van der Waals surface area contributed by atoms with Crippen molar-refractivity contribution in [2.24, 2.45) is 7.05 Å². The second-order valence-electron chi connectivity index (χ2n) is 8.77. The molecule has 0 radical (unpaired) electrons. The van der Waals surface area contributed by atoms with Crippen LogP contribution in [0.25, 0.3) is 10.9 Å². The predicted molar refractivity (Wildman–Crippen MR) is 140 cm³/mol. The first-order chi connectivity index (χ1) is 17.7. The molecular weight excluding hydrogens is 523 g/mol. The number of nitrogens with zero attached hydrogens (tertiary/aromatic N) is 5. The average molecular weight is 548 g/mol. The van der Waals surface area contributed by atoms with Crippen LogP contribution in [0, 0.1) is 3.95 Å². The van der Waals surface area contributed by atoms with Crippen LogP contribution in [-0.4, -0.2) is 45.4 Å². The van der Waals surface area contributed by atoms with Crippen LogP contribution >= 0.6 is 23.6 Å². The molecule has 12 heteroatoms. The standard InChI is InChI=1S/C25H24F3N5O2S2/c1-30-20-8-3-2-7-19(20)21(14-23(30)34)35-15-22-29-33(24(36)37-22)16-31-9-11-32(12-10-31)18-6-4-5-17(13-18)25(26,27)28/h2-8,13-14H,9-12,15-16H2,1H3. The van der Waals surface area contributed by atoms with Gasteiger partial charge >= 0.3 is 6.18 Å². The molecule has 2 aromatic carbocycles. The van der Waals surface area contributed by atoms with Crippen molar-refractivity contribution in [2.75, 3.05) is 31.1 Å². The lowest BCUT2D eigenvalue weighted by molar-refractivity contribution is -0.137. The maximum absolute atomic E-state index is 13.1. The van der Waals surface area contributed by atoms with Crippen molar-refractivity contribution in [3.63, 3.8) is 0 Å². The Morgan fingerprint density at radius 3 is 2.57 bits per heavy atom. The van der Waals surface area contributed by atoms with Crippen LogP contribution in [0.3, 0.4) is 0 Å². The molecule has 0 amide bonds. The summed E-state index contributed by atoms with van der Waals surface area (Å²) in [7, 11) is 1.72. The zero-order valence-corrected chi connectivity index (χ0v) is 21.6. The van der Waals surface area contributed by atoms with E-state index in [9.17, 15) is 18.0 Å². The Hall–Kier alpha value is -3.22. The number of aryl methyl sites for hydroxylation is 1. The van der Waals surface area contributed by atoms with Gasteiger partial charge in [0.25, 0.3) is 5.56 Å². The molecule has 1 aliphatic heterocycles. The van der Waals surface area contributed by atoms with Gasteiger partial charge in [-0.15, -0.1) is 0 Å². The van der Waals surface area contributed by atoms with Gasteiger partial charge in [0.2, 0.25) is 0 Å². The number of hydrogen-bond acceptors (Lipinski definition) is 7. The SMILES string of the molecule is Cn1c(=O)cc(OCc2nn(CN3CCN(c4cccc(C(F)(F)F)c4)CC3)c(=S)s2)c2ccccc21. The minimum Gasteiger partial charge on any atom is -0.485 e. The van der Waals surface area contributed by atoms with Crippen LogP contribution in [0.5, 0.6) is 5.75 Å². The fourth-order valence-corrected chi connectivity index (χ4v) is 5.40. The monoisotopic (exact) mass is 547 g/mol. The predicted octanol–water partition coefficient (Wildman–Crippen LogP) is 4.90. The molecule has 3 heterocycles. The van der Waals surface area contributed by atoms with Crippen molar-refractivity contribution in [2.45, 2.75) is 19.5 Å². The van der Waals surface area contributed by atoms with Gasteiger partial charge in [0.15, 0.2) is 8.96 Å². The highest BCUT2D eigenvalue weighted by atomic mass is 32.1. The van der Waals surface area contributed by atoms with Crippen molar-refractivity contribution < 1.29 is 17.9 Å². The number of para-hydroxylation sites is 1. The van der Waals surface area contributed by atoms with Crippen molar-refractivity contribution >= 4 is 40.1 Å². The van der Waals surface area contributed by atoms with Crippen molar-refractivity contribution in [3.05, 3.63) is 79.5 Å². The maximum atomic E-state index is 13.1. The third kappa shape index (κ3) is 5.55. The molecule has 0 aliphatic carbocycles. The van der Waals surface area contributed by atoms with E-state index in [4.69, 9.17) is 17.0 Å². The van der Waals surface area contributed by atoms with Gasteiger partial charge in [-0.1, -0.05) is 29.5 Å². The minimum absolute atomic E-state index is 0.156. The molecule has 0 atom stereocenters. The first-order valence-corrected chi connectivity index (χ1v) is 12.8. The van der Waals surface area contributed by atoms with Gasteiger partial charge in [0.05, 0.1) is 17.7 Å². The number of pyridine rings is 1. The van der Waals surface area contributed by atoms with Gasteiger partial charge in [-0.2, -0.15) is 18.3 Å². The zero-order valence-electron chi connectivity index (χ0n) is 19.9. The number of fused-ring (bicyclic) bond motifs is 1. The topological polar surface area (TPSA) is 55.5 Å². The first-order valence-electron chi connectivity index (χ1n) is 11.6. The highest BCUT2D eigenvalue weighted by Crippen LogP contribution is 2.32. The summed E-state index contributed by atoms with van der Waals surface area (Å²) in [6, 6.07) is 14.5. The summed E-state index contributed by atoms with van der Waals surface area (Å²) in [6.45, 7) is 3.21. The number of aromatic nitrogens is 3. The summed E-state index contributed by atoms with van der Waals surface area (Å²) in [4.78, 5) is 16.4. The van der Waals surface area contributed by atoms with Gasteiger partial charge in [0, 0.05) is 50.4 Å². The fraction of sp³-hybridized carbons (Fsp3) is 0.320. The Balaban J connectivity index is 1.21. The summed E-state index contributed by atoms with van der Waals surface area (Å²) in [6.07, 6.45) is -4.36. The Morgan fingerprint density at radius 1 is 1.05 bits per heavy atom. The summed E-state index contributed by atoms with van der Waals surface area (Å²) in [5.74, 6) is 0.497. The van der Waals surface area contributed by atoms with Crippen LogP contribution in [0.4, 0.5) is 18.9 Å². The molecule has 0 unspecified atom stereocenters. The van der Waals surface area contributed by atoms with E-state index in [0.29, 0.717) is 53.2 Å². The molecule has 2 aromatic heterocycles. The second kappa shape index (κ2) is 10.3. The molecule has 0 spiro atoms. The molecule has 7 nitrogen and oxygen atoms in total. The van der Waals surface area contributed by atoms with E-state index in [2.05, 4.69) is 10.00 Å². The lowest BCUT2D eigenvalue weighted by atomic mass is 10.1. The van der Waals surface area contributed by atoms with Crippen LogP contribution in [0.1, 0.15) is 10.6 Å². The Kier molecular flexibility index (Phi) is 7.06. The summed E-state index contributed by atoms with van der Waals surface area (Å²) in [5, 5.41) is 6.13. The number of alkyl halides is 3. The summed E-state index contributed by atoms with van der Waals surface area (Å²) >= 11 is 6.85. The van der Waals surface area contributed by atoms with Crippen LogP contribution in [0.2, 0.25) is 0 Å². The molecule has 1 aliphatic rings. The first kappa shape index (κ1) is 25.4. The molecule has 0 bridgehead atoms. The van der Waals surface area contributed by atoms with Gasteiger partial charge in [-0.3, -0.25) is 9.69 Å². The molecular formula is C25H24F3N5O2S2. The average Bonchev–Trinajstić information content (AvgIpc) is 3.24. The Bertz CT molecular complexity index is 1540. The highest BCUT2D eigenvalue weighted by Gasteiger charge is 2.31. The van der Waals surface area contributed by atoms with Gasteiger partial charge in [-0.25, -0.2) is 4.68 Å². The smallest absolute Gasteiger partial charge is 0.416 e. The molecule has 194 valence electrons. The molecule has 1 fully saturated rings. The number of ether oxygens (including phenoxy) is 1. The number of anilines is 1. The normalized spacial score (nSPS) is 14.9. The van der Waals surface area contributed by atoms with E-state index in [0.717, 1.165) is 17.0 Å². The largest absolute Gasteiger partial charge is 0.485 e. The van der Waals surface area contributed by atoms with Gasteiger partial charge in [-0.05, 0) is 42.5 Å². The van der Waals surface area contributed by atoms with Crippen LogP contribution in [-0.2, 0) is 26.5 Å². The number of hydrogen-bond donors (Lipinski definition) is 0. The zero-order chi connectivity index (χ0) is 26.2. The highest BCUT2D eigenvalue weighted by molar-refractivity contribution is 7.73. The molecule has 37 heavy (non-hydrogen) atoms. The van der Waals surface area contributed by atoms with Crippen LogP contribution < -0.4 is 15.2 Å². The van der Waals surface area contributed by atoms with E-state index in [-0.39, 0.29) is 12.2 Å². The molecule has 1 saturated heterocycles. The van der Waals surface area contributed by atoms with E-state index >= 15 is 0 Å². The van der Waals surface area contributed by atoms with Crippen LogP contribution in [0.15, 0.2) is 59.4 Å². The third-order valence-corrected chi connectivity index (χ3v) is 7.64. The number of benzene rings is 2. The van der Waals surface area contributed by atoms with Gasteiger partial charge in [0.1, 0.15) is 12.4 Å². The van der Waals surface area contributed by atoms with E-state index < -0.39 is 11.7 Å². The van der Waals surface area contributed by atoms with E-state index in [1.807, 2.05) is 29.2 Å². The number of rotatable bonds is 6. The maximum Gasteiger partial charge on any atom is 0.416 e. The minimum atomic E-state index is -4.36. The Labute approximate surface area is 219 Å². The quantitative estimate of drug-likeness (QED) is 0.320. The van der Waals surface area contributed by atoms with Crippen molar-refractivity contribution in [3.8, 4) is 5.75 Å². The molecule has 0 saturated carbocycles. The third-order valence-electron chi connectivity index (χ3n) is 6.36. The summed E-state index contributed by atoms with van der Waals surface area (Å²) in [5.41, 5.74) is 0.561. The van der Waals surface area contributed by atoms with Crippen molar-refractivity contribution in [1.29, 1.82) is 0 Å².